The number of piperidine rings is 1. The molecular formula is C30H35ClN4O6. The Labute approximate surface area is 244 Å². The number of nitrogens with zero attached hydrogens (tertiary/aromatic N) is 4. The second-order valence-corrected chi connectivity index (χ2v) is 11.3. The first kappa shape index (κ1) is 28.9. The summed E-state index contributed by atoms with van der Waals surface area (Å²) < 4.78 is 20.2. The minimum absolute atomic E-state index is 0.0460. The molecular weight excluding hydrogens is 548 g/mol. The second kappa shape index (κ2) is 12.1. The van der Waals surface area contributed by atoms with Crippen molar-refractivity contribution < 1.29 is 28.9 Å². The number of carboxylic acid groups (broad SMARTS) is 1. The number of rotatable bonds is 8. The monoisotopic (exact) mass is 582 g/mol. The highest BCUT2D eigenvalue weighted by molar-refractivity contribution is 6.30. The summed E-state index contributed by atoms with van der Waals surface area (Å²) in [6, 6.07) is 11.2. The van der Waals surface area contributed by atoms with Gasteiger partial charge in [-0.2, -0.15) is 0 Å². The molecule has 3 aromatic rings. The van der Waals surface area contributed by atoms with E-state index in [0.717, 1.165) is 22.6 Å². The standard InChI is InChI=1S/C30H35ClN4O6/c1-17(2)29-32-33-30-24(16-25(36)34-12-10-18(11-13-34)14-26(37)38)41-27(20-6-5-7-23(39-3)28(20)40-4)21-15-19(31)8-9-22(21)35(29)30/h5-9,15,17-18,24,27H,10-14,16H2,1-4H3,(H,37,38). The average Bonchev–Trinajstić information content (AvgIpc) is 3.35. The lowest BCUT2D eigenvalue weighted by Gasteiger charge is -2.32. The van der Waals surface area contributed by atoms with Crippen LogP contribution < -0.4 is 9.47 Å². The first-order chi connectivity index (χ1) is 19.7. The predicted molar refractivity (Wildman–Crippen MR) is 152 cm³/mol. The van der Waals surface area contributed by atoms with Crippen molar-refractivity contribution in [1.82, 2.24) is 19.7 Å². The van der Waals surface area contributed by atoms with Crippen molar-refractivity contribution in [3.05, 3.63) is 64.2 Å². The zero-order valence-electron chi connectivity index (χ0n) is 23.7. The van der Waals surface area contributed by atoms with E-state index in [-0.39, 0.29) is 30.6 Å². The van der Waals surface area contributed by atoms with Gasteiger partial charge in [0.15, 0.2) is 17.3 Å². The molecule has 5 rings (SSSR count). The zero-order valence-corrected chi connectivity index (χ0v) is 24.4. The molecule has 0 saturated carbocycles. The first-order valence-corrected chi connectivity index (χ1v) is 14.2. The second-order valence-electron chi connectivity index (χ2n) is 10.8. The van der Waals surface area contributed by atoms with E-state index in [4.69, 9.17) is 30.9 Å². The lowest BCUT2D eigenvalue weighted by molar-refractivity contribution is -0.139. The fraction of sp³-hybridized carbons (Fsp3) is 0.467. The topological polar surface area (TPSA) is 116 Å². The molecule has 2 atom stereocenters. The third kappa shape index (κ3) is 5.76. The number of ether oxygens (including phenoxy) is 3. The van der Waals surface area contributed by atoms with Gasteiger partial charge in [0.25, 0.3) is 0 Å². The Balaban J connectivity index is 1.57. The van der Waals surface area contributed by atoms with Gasteiger partial charge in [0.1, 0.15) is 18.0 Å². The van der Waals surface area contributed by atoms with E-state index in [1.54, 1.807) is 19.1 Å². The molecule has 1 N–H and O–H groups in total. The number of hydrogen-bond donors (Lipinski definition) is 1. The first-order valence-electron chi connectivity index (χ1n) is 13.8. The Morgan fingerprint density at radius 2 is 1.83 bits per heavy atom. The van der Waals surface area contributed by atoms with E-state index in [2.05, 4.69) is 10.2 Å². The van der Waals surface area contributed by atoms with Crippen molar-refractivity contribution in [3.63, 3.8) is 0 Å². The van der Waals surface area contributed by atoms with Crippen molar-refractivity contribution in [1.29, 1.82) is 0 Å². The Morgan fingerprint density at radius 1 is 1.07 bits per heavy atom. The summed E-state index contributed by atoms with van der Waals surface area (Å²) in [7, 11) is 3.16. The van der Waals surface area contributed by atoms with Gasteiger partial charge < -0.3 is 24.2 Å². The van der Waals surface area contributed by atoms with Crippen molar-refractivity contribution in [2.24, 2.45) is 5.92 Å². The van der Waals surface area contributed by atoms with Crippen LogP contribution in [-0.4, -0.2) is 64.0 Å². The quantitative estimate of drug-likeness (QED) is 0.379. The Morgan fingerprint density at radius 3 is 2.49 bits per heavy atom. The molecule has 0 bridgehead atoms. The van der Waals surface area contributed by atoms with E-state index >= 15 is 0 Å². The van der Waals surface area contributed by atoms with Crippen molar-refractivity contribution in [2.45, 2.75) is 57.7 Å². The SMILES string of the molecule is COc1cccc(C2OC(CC(=O)N3CCC(CC(=O)O)CC3)c3nnc(C(C)C)n3-c3ccc(Cl)cc32)c1OC. The molecule has 1 saturated heterocycles. The van der Waals surface area contributed by atoms with Crippen LogP contribution in [-0.2, 0) is 14.3 Å². The molecule has 1 amide bonds. The Kier molecular flexibility index (Phi) is 8.51. The van der Waals surface area contributed by atoms with Crippen LogP contribution >= 0.6 is 11.6 Å². The Hall–Kier alpha value is -3.63. The van der Waals surface area contributed by atoms with Crippen molar-refractivity contribution in [3.8, 4) is 17.2 Å². The number of carboxylic acids is 1. The number of halogens is 1. The molecule has 3 heterocycles. The number of benzene rings is 2. The molecule has 1 fully saturated rings. The number of amides is 1. The van der Waals surface area contributed by atoms with E-state index < -0.39 is 18.2 Å². The smallest absolute Gasteiger partial charge is 0.303 e. The molecule has 2 aliphatic rings. The highest BCUT2D eigenvalue weighted by atomic mass is 35.5. The third-order valence-corrected chi connectivity index (χ3v) is 8.07. The summed E-state index contributed by atoms with van der Waals surface area (Å²) in [6.07, 6.45) is 0.0977. The molecule has 218 valence electrons. The molecule has 2 aliphatic heterocycles. The normalized spacial score (nSPS) is 18.9. The van der Waals surface area contributed by atoms with Gasteiger partial charge in [-0.3, -0.25) is 14.2 Å². The van der Waals surface area contributed by atoms with E-state index in [1.165, 1.54) is 0 Å². The van der Waals surface area contributed by atoms with E-state index in [1.807, 2.05) is 54.8 Å². The van der Waals surface area contributed by atoms with Crippen molar-refractivity contribution >= 4 is 23.5 Å². The zero-order chi connectivity index (χ0) is 29.3. The maximum Gasteiger partial charge on any atom is 0.303 e. The van der Waals surface area contributed by atoms with Gasteiger partial charge in [-0.25, -0.2) is 0 Å². The fourth-order valence-electron chi connectivity index (χ4n) is 5.80. The van der Waals surface area contributed by atoms with Crippen LogP contribution in [0, 0.1) is 5.92 Å². The number of carbonyl (C=O) groups is 2. The third-order valence-electron chi connectivity index (χ3n) is 7.84. The number of carbonyl (C=O) groups excluding carboxylic acids is 1. The lowest BCUT2D eigenvalue weighted by atomic mass is 9.93. The van der Waals surface area contributed by atoms with E-state index in [9.17, 15) is 9.59 Å². The van der Waals surface area contributed by atoms with Crippen molar-refractivity contribution in [2.75, 3.05) is 27.3 Å². The molecule has 2 aromatic carbocycles. The highest BCUT2D eigenvalue weighted by Crippen LogP contribution is 2.46. The molecule has 41 heavy (non-hydrogen) atoms. The summed E-state index contributed by atoms with van der Waals surface area (Å²) in [4.78, 5) is 26.6. The molecule has 2 unspecified atom stereocenters. The number of aromatic nitrogens is 3. The summed E-state index contributed by atoms with van der Waals surface area (Å²) >= 11 is 6.53. The van der Waals surface area contributed by atoms with Crippen LogP contribution in [0.5, 0.6) is 11.5 Å². The van der Waals surface area contributed by atoms with Gasteiger partial charge in [0, 0.05) is 41.6 Å². The van der Waals surface area contributed by atoms with Crippen LogP contribution in [0.3, 0.4) is 0 Å². The van der Waals surface area contributed by atoms with Crippen LogP contribution in [0.15, 0.2) is 36.4 Å². The van der Waals surface area contributed by atoms with Gasteiger partial charge in [0.2, 0.25) is 5.91 Å². The Bertz CT molecular complexity index is 1430. The summed E-state index contributed by atoms with van der Waals surface area (Å²) in [5.74, 6) is 1.61. The number of methoxy groups -OCH3 is 2. The van der Waals surface area contributed by atoms with Crippen LogP contribution in [0.25, 0.3) is 5.69 Å². The number of para-hydroxylation sites is 1. The maximum absolute atomic E-state index is 13.7. The predicted octanol–water partition coefficient (Wildman–Crippen LogP) is 5.33. The van der Waals surface area contributed by atoms with Crippen LogP contribution in [0.1, 0.15) is 80.4 Å². The molecule has 0 spiro atoms. The lowest BCUT2D eigenvalue weighted by Crippen LogP contribution is -2.39. The maximum atomic E-state index is 13.7. The fourth-order valence-corrected chi connectivity index (χ4v) is 5.98. The molecule has 10 nitrogen and oxygen atoms in total. The van der Waals surface area contributed by atoms with Crippen LogP contribution in [0.2, 0.25) is 5.02 Å². The molecule has 11 heteroatoms. The summed E-state index contributed by atoms with van der Waals surface area (Å²) in [5, 5.41) is 18.8. The summed E-state index contributed by atoms with van der Waals surface area (Å²) in [6.45, 7) is 5.11. The van der Waals surface area contributed by atoms with Gasteiger partial charge in [-0.1, -0.05) is 37.6 Å². The minimum Gasteiger partial charge on any atom is -0.493 e. The van der Waals surface area contributed by atoms with E-state index in [0.29, 0.717) is 48.3 Å². The van der Waals surface area contributed by atoms with Gasteiger partial charge in [-0.15, -0.1) is 10.2 Å². The van der Waals surface area contributed by atoms with Gasteiger partial charge in [-0.05, 0) is 43.0 Å². The average molecular weight is 583 g/mol. The van der Waals surface area contributed by atoms with Crippen LogP contribution in [0.4, 0.5) is 0 Å². The molecule has 0 radical (unpaired) electrons. The minimum atomic E-state index is -0.805. The number of hydrogen-bond acceptors (Lipinski definition) is 7. The number of aliphatic carboxylic acids is 1. The summed E-state index contributed by atoms with van der Waals surface area (Å²) in [5.41, 5.74) is 2.33. The largest absolute Gasteiger partial charge is 0.493 e. The highest BCUT2D eigenvalue weighted by Gasteiger charge is 2.38. The number of likely N-dealkylation sites (tertiary alicyclic amines) is 1. The molecule has 1 aromatic heterocycles. The van der Waals surface area contributed by atoms with Gasteiger partial charge >= 0.3 is 5.97 Å². The molecule has 0 aliphatic carbocycles. The number of fused-ring (bicyclic) bond motifs is 3. The van der Waals surface area contributed by atoms with Gasteiger partial charge in [0.05, 0.1) is 26.3 Å².